The highest BCUT2D eigenvalue weighted by atomic mass is 19.1. The first-order valence-electron chi connectivity index (χ1n) is 5.12. The van der Waals surface area contributed by atoms with Gasteiger partial charge in [0.25, 0.3) is 0 Å². The molecule has 0 amide bonds. The summed E-state index contributed by atoms with van der Waals surface area (Å²) < 4.78 is 18.4. The zero-order valence-electron chi connectivity index (χ0n) is 8.56. The summed E-state index contributed by atoms with van der Waals surface area (Å²) in [6.45, 7) is 0.881. The predicted octanol–water partition coefficient (Wildman–Crippen LogP) is 2.20. The minimum absolute atomic E-state index is 0.218. The Balaban J connectivity index is 2.01. The number of methoxy groups -OCH3 is 1. The van der Waals surface area contributed by atoms with E-state index in [-0.39, 0.29) is 11.4 Å². The van der Waals surface area contributed by atoms with Gasteiger partial charge >= 0.3 is 0 Å². The maximum atomic E-state index is 13.4. The number of nitrogens with one attached hydrogen (secondary N) is 2. The van der Waals surface area contributed by atoms with Gasteiger partial charge in [-0.05, 0) is 12.8 Å². The molecule has 3 nitrogen and oxygen atoms in total. The summed E-state index contributed by atoms with van der Waals surface area (Å²) in [7, 11) is 1.48. The van der Waals surface area contributed by atoms with E-state index in [9.17, 15) is 4.39 Å². The van der Waals surface area contributed by atoms with Gasteiger partial charge in [-0.1, -0.05) is 0 Å². The van der Waals surface area contributed by atoms with Gasteiger partial charge in [-0.25, -0.2) is 4.39 Å². The van der Waals surface area contributed by atoms with Crippen LogP contribution in [0.5, 0.6) is 5.75 Å². The second-order valence-corrected chi connectivity index (χ2v) is 4.29. The molecule has 1 aliphatic heterocycles. The first-order valence-corrected chi connectivity index (χ1v) is 5.12. The van der Waals surface area contributed by atoms with Gasteiger partial charge in [0, 0.05) is 18.7 Å². The Morgan fingerprint density at radius 2 is 2.13 bits per heavy atom. The first-order chi connectivity index (χ1) is 7.22. The van der Waals surface area contributed by atoms with E-state index in [1.807, 2.05) is 0 Å². The molecule has 1 heterocycles. The molecule has 0 atom stereocenters. The van der Waals surface area contributed by atoms with E-state index in [1.54, 1.807) is 6.07 Å². The minimum atomic E-state index is -0.322. The second-order valence-electron chi connectivity index (χ2n) is 4.29. The zero-order valence-corrected chi connectivity index (χ0v) is 8.56. The van der Waals surface area contributed by atoms with Crippen LogP contribution in [0.3, 0.4) is 0 Å². The molecule has 2 aliphatic rings. The molecule has 1 aromatic carbocycles. The molecule has 0 unspecified atom stereocenters. The fraction of sp³-hybridized carbons (Fsp3) is 0.455. The number of rotatable bonds is 1. The quantitative estimate of drug-likeness (QED) is 0.742. The molecule has 1 aliphatic carbocycles. The molecule has 1 spiro atoms. The number of anilines is 2. The average molecular weight is 208 g/mol. The molecule has 0 aromatic heterocycles. The van der Waals surface area contributed by atoms with Crippen molar-refractivity contribution >= 4 is 11.4 Å². The Kier molecular flexibility index (Phi) is 1.63. The summed E-state index contributed by atoms with van der Waals surface area (Å²) >= 11 is 0. The van der Waals surface area contributed by atoms with Crippen LogP contribution in [0, 0.1) is 5.82 Å². The van der Waals surface area contributed by atoms with Crippen molar-refractivity contribution in [3.63, 3.8) is 0 Å². The topological polar surface area (TPSA) is 33.3 Å². The van der Waals surface area contributed by atoms with Crippen LogP contribution in [0.4, 0.5) is 15.8 Å². The molecule has 0 radical (unpaired) electrons. The number of fused-ring (bicyclic) bond motifs is 1. The summed E-state index contributed by atoms with van der Waals surface area (Å²) in [5.74, 6) is -0.0296. The van der Waals surface area contributed by atoms with Gasteiger partial charge in [0.1, 0.15) is 0 Å². The maximum absolute atomic E-state index is 13.4. The van der Waals surface area contributed by atoms with Crippen LogP contribution in [0.15, 0.2) is 12.1 Å². The molecule has 80 valence electrons. The average Bonchev–Trinajstić information content (AvgIpc) is 2.98. The number of hydrogen-bond donors (Lipinski definition) is 2. The predicted molar refractivity (Wildman–Crippen MR) is 57.0 cm³/mol. The van der Waals surface area contributed by atoms with Crippen LogP contribution in [0.25, 0.3) is 0 Å². The van der Waals surface area contributed by atoms with Gasteiger partial charge in [-0.15, -0.1) is 0 Å². The Hall–Kier alpha value is -1.45. The van der Waals surface area contributed by atoms with Crippen molar-refractivity contribution in [2.45, 2.75) is 18.4 Å². The second kappa shape index (κ2) is 2.78. The third-order valence-electron chi connectivity index (χ3n) is 3.16. The zero-order chi connectivity index (χ0) is 10.5. The molecule has 2 N–H and O–H groups in total. The SMILES string of the molecule is COc1cc2c(cc1F)NCC1(CC1)N2. The fourth-order valence-electron chi connectivity index (χ4n) is 2.01. The normalized spacial score (nSPS) is 20.1. The first kappa shape index (κ1) is 8.83. The van der Waals surface area contributed by atoms with Crippen LogP contribution >= 0.6 is 0 Å². The minimum Gasteiger partial charge on any atom is -0.494 e. The van der Waals surface area contributed by atoms with Crippen molar-refractivity contribution in [1.29, 1.82) is 0 Å². The van der Waals surface area contributed by atoms with Crippen molar-refractivity contribution < 1.29 is 9.13 Å². The van der Waals surface area contributed by atoms with Crippen molar-refractivity contribution in [3.8, 4) is 5.75 Å². The van der Waals surface area contributed by atoms with Gasteiger partial charge in [0.05, 0.1) is 24.0 Å². The lowest BCUT2D eigenvalue weighted by Crippen LogP contribution is -2.34. The van der Waals surface area contributed by atoms with E-state index in [4.69, 9.17) is 4.74 Å². The van der Waals surface area contributed by atoms with Crippen LogP contribution in [-0.2, 0) is 0 Å². The number of hydrogen-bond acceptors (Lipinski definition) is 3. The molecule has 4 heteroatoms. The van der Waals surface area contributed by atoms with Gasteiger partial charge in [-0.2, -0.15) is 0 Å². The Morgan fingerprint density at radius 1 is 1.33 bits per heavy atom. The van der Waals surface area contributed by atoms with Crippen LogP contribution in [0.1, 0.15) is 12.8 Å². The third-order valence-corrected chi connectivity index (χ3v) is 3.16. The van der Waals surface area contributed by atoms with E-state index in [0.29, 0.717) is 5.75 Å². The molecular formula is C11H13FN2O. The van der Waals surface area contributed by atoms with Gasteiger partial charge in [0.15, 0.2) is 11.6 Å². The third kappa shape index (κ3) is 1.32. The lowest BCUT2D eigenvalue weighted by atomic mass is 10.1. The highest BCUT2D eigenvalue weighted by Crippen LogP contribution is 2.45. The van der Waals surface area contributed by atoms with Crippen LogP contribution in [-0.4, -0.2) is 19.2 Å². The molecule has 0 bridgehead atoms. The molecule has 15 heavy (non-hydrogen) atoms. The van der Waals surface area contributed by atoms with E-state index >= 15 is 0 Å². The summed E-state index contributed by atoms with van der Waals surface area (Å²) in [6.07, 6.45) is 2.36. The Bertz CT molecular complexity index is 415. The van der Waals surface area contributed by atoms with Crippen LogP contribution < -0.4 is 15.4 Å². The van der Waals surface area contributed by atoms with Gasteiger partial charge < -0.3 is 15.4 Å². The maximum Gasteiger partial charge on any atom is 0.167 e. The Labute approximate surface area is 87.6 Å². The summed E-state index contributed by atoms with van der Waals surface area (Å²) in [5.41, 5.74) is 1.98. The molecule has 1 aromatic rings. The molecule has 1 saturated carbocycles. The molecular weight excluding hydrogens is 195 g/mol. The van der Waals surface area contributed by atoms with Crippen molar-refractivity contribution in [2.75, 3.05) is 24.3 Å². The van der Waals surface area contributed by atoms with E-state index in [0.717, 1.165) is 17.9 Å². The highest BCUT2D eigenvalue weighted by Gasteiger charge is 2.45. The fourth-order valence-corrected chi connectivity index (χ4v) is 2.01. The number of ether oxygens (including phenoxy) is 1. The van der Waals surface area contributed by atoms with E-state index in [2.05, 4.69) is 10.6 Å². The number of halogens is 1. The van der Waals surface area contributed by atoms with Gasteiger partial charge in [-0.3, -0.25) is 0 Å². The summed E-state index contributed by atoms with van der Waals surface area (Å²) in [6, 6.07) is 3.20. The molecule has 3 rings (SSSR count). The largest absolute Gasteiger partial charge is 0.494 e. The lowest BCUT2D eigenvalue weighted by molar-refractivity contribution is 0.386. The van der Waals surface area contributed by atoms with Crippen molar-refractivity contribution in [2.24, 2.45) is 0 Å². The number of benzene rings is 1. The molecule has 0 saturated heterocycles. The molecule has 1 fully saturated rings. The summed E-state index contributed by atoms with van der Waals surface area (Å²) in [5, 5.41) is 6.69. The monoisotopic (exact) mass is 208 g/mol. The summed E-state index contributed by atoms with van der Waals surface area (Å²) in [4.78, 5) is 0. The smallest absolute Gasteiger partial charge is 0.167 e. The van der Waals surface area contributed by atoms with Crippen LogP contribution in [0.2, 0.25) is 0 Å². The van der Waals surface area contributed by atoms with E-state index < -0.39 is 0 Å². The van der Waals surface area contributed by atoms with Crippen molar-refractivity contribution in [3.05, 3.63) is 17.9 Å². The standard InChI is InChI=1S/C11H13FN2O/c1-15-10-5-9-8(4-7(10)12)13-6-11(14-9)2-3-11/h4-5,13-14H,2-3,6H2,1H3. The van der Waals surface area contributed by atoms with E-state index in [1.165, 1.54) is 26.0 Å². The Morgan fingerprint density at radius 3 is 2.80 bits per heavy atom. The van der Waals surface area contributed by atoms with Gasteiger partial charge in [0.2, 0.25) is 0 Å². The highest BCUT2D eigenvalue weighted by molar-refractivity contribution is 5.75. The lowest BCUT2D eigenvalue weighted by Gasteiger charge is -2.28. The van der Waals surface area contributed by atoms with Crippen molar-refractivity contribution in [1.82, 2.24) is 0 Å².